The molecule has 0 aliphatic carbocycles. The third kappa shape index (κ3) is 9.42. The molecule has 3 aromatic rings. The van der Waals surface area contributed by atoms with Crippen molar-refractivity contribution in [1.82, 2.24) is 4.72 Å². The van der Waals surface area contributed by atoms with Gasteiger partial charge in [-0.2, -0.15) is 0 Å². The molecule has 1 amide bonds. The summed E-state index contributed by atoms with van der Waals surface area (Å²) in [5.74, 6) is -0.468. The van der Waals surface area contributed by atoms with E-state index < -0.39 is 21.9 Å². The maximum atomic E-state index is 13.3. The number of halogens is 1. The lowest BCUT2D eigenvalue weighted by Gasteiger charge is -2.19. The lowest BCUT2D eigenvalue weighted by atomic mass is 10.1. The van der Waals surface area contributed by atoms with Gasteiger partial charge in [0.2, 0.25) is 10.0 Å². The Kier molecular flexibility index (Phi) is 12.2. The number of fused-ring (bicyclic) bond motifs is 1. The predicted octanol–water partition coefficient (Wildman–Crippen LogP) is 7.11. The fourth-order valence-electron chi connectivity index (χ4n) is 3.84. The van der Waals surface area contributed by atoms with Gasteiger partial charge in [0.25, 0.3) is 5.91 Å². The lowest BCUT2D eigenvalue weighted by Crippen LogP contribution is -2.35. The second kappa shape index (κ2) is 14.9. The van der Waals surface area contributed by atoms with Crippen LogP contribution in [0.2, 0.25) is 5.02 Å². The number of rotatable bonds is 11. The molecule has 7 nitrogen and oxygen atoms in total. The average Bonchev–Trinajstić information content (AvgIpc) is 2.83. The first-order valence-corrected chi connectivity index (χ1v) is 14.6. The summed E-state index contributed by atoms with van der Waals surface area (Å²) in [7, 11) is -3.89. The quantitative estimate of drug-likeness (QED) is 0.231. The molecule has 1 atom stereocenters. The molecule has 38 heavy (non-hydrogen) atoms. The topological polar surface area (TPSA) is 113 Å². The summed E-state index contributed by atoms with van der Waals surface area (Å²) in [6.45, 7) is 8.45. The number of benzene rings is 3. The summed E-state index contributed by atoms with van der Waals surface area (Å²) in [4.78, 5) is 23.7. The SMILES string of the molecule is CC(C)C.CCCC(CCCC(=O)O)NS(=O)(=O)c1ccc(NC(=O)c2ccccc2Cl)c2ccccc12. The number of sulfonamides is 1. The Morgan fingerprint density at radius 1 is 0.921 bits per heavy atom. The van der Waals surface area contributed by atoms with E-state index in [4.69, 9.17) is 16.7 Å². The van der Waals surface area contributed by atoms with Crippen molar-refractivity contribution in [1.29, 1.82) is 0 Å². The molecule has 0 spiro atoms. The summed E-state index contributed by atoms with van der Waals surface area (Å²) in [6, 6.07) is 16.3. The van der Waals surface area contributed by atoms with Crippen molar-refractivity contribution in [2.24, 2.45) is 5.92 Å². The molecule has 0 aromatic heterocycles. The van der Waals surface area contributed by atoms with Gasteiger partial charge in [-0.15, -0.1) is 0 Å². The number of anilines is 1. The first-order valence-electron chi connectivity index (χ1n) is 12.8. The zero-order valence-electron chi connectivity index (χ0n) is 22.3. The number of carbonyl (C=O) groups is 2. The molecule has 0 bridgehead atoms. The van der Waals surface area contributed by atoms with Crippen LogP contribution in [0.3, 0.4) is 0 Å². The second-order valence-corrected chi connectivity index (χ2v) is 11.8. The number of amides is 1. The van der Waals surface area contributed by atoms with Crippen molar-refractivity contribution >= 4 is 50.0 Å². The number of aliphatic carboxylic acids is 1. The number of nitrogens with one attached hydrogen (secondary N) is 2. The van der Waals surface area contributed by atoms with Crippen molar-refractivity contribution in [3.63, 3.8) is 0 Å². The number of carboxylic acids is 1. The van der Waals surface area contributed by atoms with Gasteiger partial charge in [-0.05, 0) is 49.4 Å². The Hall–Kier alpha value is -2.94. The largest absolute Gasteiger partial charge is 0.481 e. The molecule has 0 saturated carbocycles. The Morgan fingerprint density at radius 3 is 2.13 bits per heavy atom. The minimum Gasteiger partial charge on any atom is -0.481 e. The van der Waals surface area contributed by atoms with E-state index >= 15 is 0 Å². The van der Waals surface area contributed by atoms with Gasteiger partial charge in [0.1, 0.15) is 0 Å². The van der Waals surface area contributed by atoms with Gasteiger partial charge >= 0.3 is 5.97 Å². The van der Waals surface area contributed by atoms with Crippen LogP contribution in [0, 0.1) is 5.92 Å². The van der Waals surface area contributed by atoms with Crippen molar-refractivity contribution in [3.05, 3.63) is 71.2 Å². The van der Waals surface area contributed by atoms with Crippen LogP contribution in [0.15, 0.2) is 65.6 Å². The number of hydrogen-bond acceptors (Lipinski definition) is 4. The van der Waals surface area contributed by atoms with E-state index in [1.807, 2.05) is 6.92 Å². The maximum Gasteiger partial charge on any atom is 0.303 e. The van der Waals surface area contributed by atoms with E-state index in [0.29, 0.717) is 46.3 Å². The molecule has 3 aromatic carbocycles. The maximum absolute atomic E-state index is 13.3. The molecule has 0 heterocycles. The van der Waals surface area contributed by atoms with Gasteiger partial charge in [-0.1, -0.05) is 82.1 Å². The molecule has 0 radical (unpaired) electrons. The molecule has 3 N–H and O–H groups in total. The molecule has 3 rings (SSSR count). The first kappa shape index (κ1) is 31.3. The number of hydrogen-bond donors (Lipinski definition) is 3. The zero-order valence-corrected chi connectivity index (χ0v) is 23.9. The minimum atomic E-state index is -3.89. The first-order chi connectivity index (χ1) is 18.0. The predicted molar refractivity (Wildman–Crippen MR) is 154 cm³/mol. The Labute approximate surface area is 230 Å². The summed E-state index contributed by atoms with van der Waals surface area (Å²) < 4.78 is 29.3. The van der Waals surface area contributed by atoms with Crippen LogP contribution in [-0.2, 0) is 14.8 Å². The molecular weight excluding hydrogens is 524 g/mol. The van der Waals surface area contributed by atoms with Crippen LogP contribution < -0.4 is 10.0 Å². The molecular formula is C29H37ClN2O5S. The van der Waals surface area contributed by atoms with E-state index in [1.54, 1.807) is 54.6 Å². The van der Waals surface area contributed by atoms with Crippen molar-refractivity contribution in [2.45, 2.75) is 70.7 Å². The van der Waals surface area contributed by atoms with Crippen molar-refractivity contribution < 1.29 is 23.1 Å². The Bertz CT molecular complexity index is 1340. The average molecular weight is 561 g/mol. The fourth-order valence-corrected chi connectivity index (χ4v) is 5.58. The van der Waals surface area contributed by atoms with Crippen molar-refractivity contribution in [2.75, 3.05) is 5.32 Å². The summed E-state index contributed by atoms with van der Waals surface area (Å²) in [5, 5.41) is 13.1. The molecule has 0 saturated heterocycles. The van der Waals surface area contributed by atoms with E-state index in [1.165, 1.54) is 6.07 Å². The van der Waals surface area contributed by atoms with Gasteiger partial charge in [0.05, 0.1) is 15.5 Å². The minimum absolute atomic E-state index is 0.00923. The highest BCUT2D eigenvalue weighted by Gasteiger charge is 2.23. The highest BCUT2D eigenvalue weighted by Crippen LogP contribution is 2.30. The van der Waals surface area contributed by atoms with Crippen LogP contribution in [0.25, 0.3) is 10.8 Å². The van der Waals surface area contributed by atoms with E-state index in [0.717, 1.165) is 12.3 Å². The van der Waals surface area contributed by atoms with Crippen LogP contribution in [0.5, 0.6) is 0 Å². The van der Waals surface area contributed by atoms with E-state index in [9.17, 15) is 18.0 Å². The highest BCUT2D eigenvalue weighted by molar-refractivity contribution is 7.89. The van der Waals surface area contributed by atoms with Gasteiger partial charge in [0, 0.05) is 28.9 Å². The normalized spacial score (nSPS) is 12.1. The smallest absolute Gasteiger partial charge is 0.303 e. The summed E-state index contributed by atoms with van der Waals surface area (Å²) >= 11 is 6.14. The molecule has 0 fully saturated rings. The third-order valence-electron chi connectivity index (χ3n) is 5.44. The molecule has 0 aliphatic rings. The third-order valence-corrected chi connectivity index (χ3v) is 7.35. The molecule has 9 heteroatoms. The Morgan fingerprint density at radius 2 is 1.53 bits per heavy atom. The van der Waals surface area contributed by atoms with E-state index in [-0.39, 0.29) is 17.4 Å². The van der Waals surface area contributed by atoms with E-state index in [2.05, 4.69) is 30.8 Å². The van der Waals surface area contributed by atoms with Crippen LogP contribution in [0.1, 0.15) is 70.2 Å². The van der Waals surface area contributed by atoms with Crippen LogP contribution in [0.4, 0.5) is 5.69 Å². The standard InChI is InChI=1S/C25H27ClN2O5S.C4H10/c1-2-8-17(9-7-14-24(29)30)28-34(32,33)23-16-15-22(18-10-3-4-11-19(18)23)27-25(31)20-12-5-6-13-21(20)26;1-4(2)3/h3-6,10-13,15-17,28H,2,7-9,14H2,1H3,(H,27,31)(H,29,30);4H,1-3H3. The van der Waals surface area contributed by atoms with Gasteiger partial charge in [-0.25, -0.2) is 13.1 Å². The number of carboxylic acid groups (broad SMARTS) is 1. The van der Waals surface area contributed by atoms with Gasteiger partial charge in [-0.3, -0.25) is 9.59 Å². The lowest BCUT2D eigenvalue weighted by molar-refractivity contribution is -0.137. The molecule has 0 aliphatic heterocycles. The van der Waals surface area contributed by atoms with Gasteiger partial charge < -0.3 is 10.4 Å². The summed E-state index contributed by atoms with van der Waals surface area (Å²) in [6.07, 6.45) is 2.17. The molecule has 1 unspecified atom stereocenters. The monoisotopic (exact) mass is 560 g/mol. The van der Waals surface area contributed by atoms with Crippen molar-refractivity contribution in [3.8, 4) is 0 Å². The van der Waals surface area contributed by atoms with Crippen LogP contribution >= 0.6 is 11.6 Å². The van der Waals surface area contributed by atoms with Crippen LogP contribution in [-0.4, -0.2) is 31.4 Å². The molecule has 206 valence electrons. The fraction of sp³-hybridized carbons (Fsp3) is 0.379. The second-order valence-electron chi connectivity index (χ2n) is 9.72. The van der Waals surface area contributed by atoms with Gasteiger partial charge in [0.15, 0.2) is 0 Å². The number of carbonyl (C=O) groups excluding carboxylic acids is 1. The highest BCUT2D eigenvalue weighted by atomic mass is 35.5. The summed E-state index contributed by atoms with van der Waals surface area (Å²) in [5.41, 5.74) is 0.779. The zero-order chi connectivity index (χ0) is 28.3. The Balaban J connectivity index is 0.00000118.